The summed E-state index contributed by atoms with van der Waals surface area (Å²) in [7, 11) is 1.63. The normalized spacial score (nSPS) is 10.8. The molecule has 0 spiro atoms. The van der Waals surface area contributed by atoms with Crippen molar-refractivity contribution in [1.82, 2.24) is 9.97 Å². The van der Waals surface area contributed by atoms with Gasteiger partial charge in [0.1, 0.15) is 28.5 Å². The van der Waals surface area contributed by atoms with E-state index in [2.05, 4.69) is 15.3 Å². The zero-order valence-corrected chi connectivity index (χ0v) is 14.2. The molecule has 0 amide bonds. The molecular weight excluding hydrogens is 337 g/mol. The van der Waals surface area contributed by atoms with Crippen molar-refractivity contribution in [1.29, 1.82) is 0 Å². The highest BCUT2D eigenvalue weighted by molar-refractivity contribution is 7.17. The van der Waals surface area contributed by atoms with Crippen molar-refractivity contribution in [2.75, 3.05) is 12.4 Å². The molecule has 0 atom stereocenters. The number of rotatable bonds is 4. The Morgan fingerprint density at radius 1 is 1.08 bits per heavy atom. The van der Waals surface area contributed by atoms with Gasteiger partial charge in [-0.15, -0.1) is 11.3 Å². The lowest BCUT2D eigenvalue weighted by atomic mass is 10.1. The van der Waals surface area contributed by atoms with Gasteiger partial charge in [0.25, 0.3) is 0 Å². The van der Waals surface area contributed by atoms with E-state index < -0.39 is 0 Å². The highest BCUT2D eigenvalue weighted by atomic mass is 32.1. The fourth-order valence-corrected chi connectivity index (χ4v) is 3.57. The van der Waals surface area contributed by atoms with Crippen molar-refractivity contribution in [3.8, 4) is 16.9 Å². The maximum Gasteiger partial charge on any atom is 0.143 e. The summed E-state index contributed by atoms with van der Waals surface area (Å²) in [4.78, 5) is 9.63. The molecular formula is C19H14FN3OS. The Labute approximate surface area is 148 Å². The number of nitrogens with zero attached hydrogens (tertiary/aromatic N) is 2. The van der Waals surface area contributed by atoms with Gasteiger partial charge in [0.15, 0.2) is 0 Å². The fourth-order valence-electron chi connectivity index (χ4n) is 2.65. The van der Waals surface area contributed by atoms with Gasteiger partial charge >= 0.3 is 0 Å². The van der Waals surface area contributed by atoms with E-state index in [1.54, 1.807) is 19.2 Å². The second kappa shape index (κ2) is 6.49. The average molecular weight is 351 g/mol. The Hall–Kier alpha value is -2.99. The van der Waals surface area contributed by atoms with Crippen LogP contribution in [0.5, 0.6) is 5.75 Å². The molecule has 4 aromatic rings. The van der Waals surface area contributed by atoms with E-state index >= 15 is 0 Å². The first kappa shape index (κ1) is 15.5. The molecule has 0 radical (unpaired) electrons. The smallest absolute Gasteiger partial charge is 0.143 e. The van der Waals surface area contributed by atoms with Crippen LogP contribution >= 0.6 is 11.3 Å². The summed E-state index contributed by atoms with van der Waals surface area (Å²) in [6.45, 7) is 0. The molecule has 0 aliphatic heterocycles. The number of methoxy groups -OCH3 is 1. The van der Waals surface area contributed by atoms with Crippen LogP contribution in [0.2, 0.25) is 0 Å². The second-order valence-corrected chi connectivity index (χ2v) is 6.27. The van der Waals surface area contributed by atoms with Crippen molar-refractivity contribution in [2.45, 2.75) is 0 Å². The second-order valence-electron chi connectivity index (χ2n) is 5.42. The maximum atomic E-state index is 13.2. The van der Waals surface area contributed by atoms with Crippen LogP contribution in [0, 0.1) is 5.82 Å². The minimum Gasteiger partial charge on any atom is -0.497 e. The van der Waals surface area contributed by atoms with Gasteiger partial charge in [-0.05, 0) is 29.8 Å². The topological polar surface area (TPSA) is 47.0 Å². The van der Waals surface area contributed by atoms with E-state index in [9.17, 15) is 4.39 Å². The molecule has 0 fully saturated rings. The number of fused-ring (bicyclic) bond motifs is 1. The van der Waals surface area contributed by atoms with Crippen LogP contribution in [-0.2, 0) is 0 Å². The quantitative estimate of drug-likeness (QED) is 0.545. The molecule has 124 valence electrons. The molecule has 4 rings (SSSR count). The molecule has 0 saturated heterocycles. The molecule has 4 nitrogen and oxygen atoms in total. The summed E-state index contributed by atoms with van der Waals surface area (Å²) in [5.74, 6) is 1.22. The van der Waals surface area contributed by atoms with Crippen molar-refractivity contribution < 1.29 is 9.13 Å². The van der Waals surface area contributed by atoms with Crippen LogP contribution in [0.15, 0.2) is 60.2 Å². The van der Waals surface area contributed by atoms with Crippen molar-refractivity contribution in [3.63, 3.8) is 0 Å². The number of benzene rings is 2. The van der Waals surface area contributed by atoms with E-state index in [0.717, 1.165) is 32.8 Å². The monoisotopic (exact) mass is 351 g/mol. The summed E-state index contributed by atoms with van der Waals surface area (Å²) in [5.41, 5.74) is 2.78. The Kier molecular flexibility index (Phi) is 4.03. The number of hydrogen-bond acceptors (Lipinski definition) is 5. The third-order valence-corrected chi connectivity index (χ3v) is 4.74. The summed E-state index contributed by atoms with van der Waals surface area (Å²) < 4.78 is 18.5. The third kappa shape index (κ3) is 3.04. The van der Waals surface area contributed by atoms with Crippen LogP contribution < -0.4 is 10.1 Å². The summed E-state index contributed by atoms with van der Waals surface area (Å²) >= 11 is 1.54. The molecule has 2 heterocycles. The molecule has 2 aromatic carbocycles. The number of aromatic nitrogens is 2. The first-order valence-electron chi connectivity index (χ1n) is 7.64. The first-order chi connectivity index (χ1) is 12.2. The minimum absolute atomic E-state index is 0.255. The highest BCUT2D eigenvalue weighted by Crippen LogP contribution is 2.37. The van der Waals surface area contributed by atoms with E-state index in [-0.39, 0.29) is 5.82 Å². The van der Waals surface area contributed by atoms with Crippen LogP contribution in [0.4, 0.5) is 15.9 Å². The Bertz CT molecular complexity index is 1030. The van der Waals surface area contributed by atoms with Gasteiger partial charge in [-0.2, -0.15) is 0 Å². The van der Waals surface area contributed by atoms with Crippen LogP contribution in [0.25, 0.3) is 21.3 Å². The fraction of sp³-hybridized carbons (Fsp3) is 0.0526. The molecule has 6 heteroatoms. The average Bonchev–Trinajstić information content (AvgIpc) is 3.08. The van der Waals surface area contributed by atoms with Crippen molar-refractivity contribution >= 4 is 33.1 Å². The van der Waals surface area contributed by atoms with Crippen molar-refractivity contribution in [3.05, 3.63) is 66.1 Å². The summed E-state index contributed by atoms with van der Waals surface area (Å²) in [6.07, 6.45) is 1.54. The van der Waals surface area contributed by atoms with E-state index in [1.807, 2.05) is 29.6 Å². The Balaban J connectivity index is 1.81. The lowest BCUT2D eigenvalue weighted by molar-refractivity contribution is 0.415. The molecule has 0 bridgehead atoms. The molecule has 0 aliphatic rings. The molecule has 2 aromatic heterocycles. The highest BCUT2D eigenvalue weighted by Gasteiger charge is 2.13. The van der Waals surface area contributed by atoms with Crippen LogP contribution in [0.1, 0.15) is 0 Å². The standard InChI is InChI=1S/C19H14FN3OS/c1-24-15-4-2-3-14(9-15)23-18-17-16(10-25-19(17)22-11-21-18)12-5-7-13(20)8-6-12/h2-11H,1H3,(H,21,22,23). The number of ether oxygens (including phenoxy) is 1. The van der Waals surface area contributed by atoms with E-state index in [1.165, 1.54) is 29.8 Å². The number of hydrogen-bond donors (Lipinski definition) is 1. The Morgan fingerprint density at radius 3 is 2.72 bits per heavy atom. The van der Waals surface area contributed by atoms with Crippen LogP contribution in [-0.4, -0.2) is 17.1 Å². The molecule has 25 heavy (non-hydrogen) atoms. The van der Waals surface area contributed by atoms with Gasteiger partial charge in [-0.1, -0.05) is 18.2 Å². The number of halogens is 1. The summed E-state index contributed by atoms with van der Waals surface area (Å²) in [6, 6.07) is 14.1. The molecule has 0 aliphatic carbocycles. The Morgan fingerprint density at radius 2 is 1.92 bits per heavy atom. The number of nitrogens with one attached hydrogen (secondary N) is 1. The predicted molar refractivity (Wildman–Crippen MR) is 99.1 cm³/mol. The minimum atomic E-state index is -0.255. The zero-order chi connectivity index (χ0) is 17.2. The largest absolute Gasteiger partial charge is 0.497 e. The van der Waals surface area contributed by atoms with E-state index in [4.69, 9.17) is 4.74 Å². The lowest BCUT2D eigenvalue weighted by Gasteiger charge is -2.09. The van der Waals surface area contributed by atoms with Gasteiger partial charge in [-0.25, -0.2) is 14.4 Å². The summed E-state index contributed by atoms with van der Waals surface area (Å²) in [5, 5.41) is 6.27. The first-order valence-corrected chi connectivity index (χ1v) is 8.52. The van der Waals surface area contributed by atoms with Gasteiger partial charge in [0.2, 0.25) is 0 Å². The van der Waals surface area contributed by atoms with Gasteiger partial charge in [0, 0.05) is 22.7 Å². The SMILES string of the molecule is COc1cccc(Nc2ncnc3scc(-c4ccc(F)cc4)c23)c1. The van der Waals surface area contributed by atoms with Gasteiger partial charge < -0.3 is 10.1 Å². The predicted octanol–water partition coefficient (Wildman–Crippen LogP) is 5.25. The molecule has 0 saturated carbocycles. The number of thiophene rings is 1. The zero-order valence-electron chi connectivity index (χ0n) is 13.4. The lowest BCUT2D eigenvalue weighted by Crippen LogP contribution is -1.96. The molecule has 0 unspecified atom stereocenters. The molecule has 1 N–H and O–H groups in total. The van der Waals surface area contributed by atoms with Crippen LogP contribution in [0.3, 0.4) is 0 Å². The third-order valence-electron chi connectivity index (χ3n) is 3.86. The van der Waals surface area contributed by atoms with Gasteiger partial charge in [0.05, 0.1) is 12.5 Å². The van der Waals surface area contributed by atoms with Crippen molar-refractivity contribution in [2.24, 2.45) is 0 Å². The number of anilines is 2. The van der Waals surface area contributed by atoms with Gasteiger partial charge in [-0.3, -0.25) is 0 Å². The van der Waals surface area contributed by atoms with E-state index in [0.29, 0.717) is 5.82 Å². The maximum absolute atomic E-state index is 13.2.